The highest BCUT2D eigenvalue weighted by atomic mass is 32.2. The van der Waals surface area contributed by atoms with Crippen molar-refractivity contribution in [3.8, 4) is 11.5 Å². The maximum absolute atomic E-state index is 5.68. The third-order valence-corrected chi connectivity index (χ3v) is 3.37. The number of hydrogen-bond acceptors (Lipinski definition) is 5. The van der Waals surface area contributed by atoms with E-state index in [1.807, 2.05) is 24.5 Å². The van der Waals surface area contributed by atoms with E-state index in [1.165, 1.54) is 0 Å². The number of benzene rings is 1. The molecule has 4 nitrogen and oxygen atoms in total. The molecular formula is C13H17N3OS. The second kappa shape index (κ2) is 6.56. The smallest absolute Gasteiger partial charge is 0.248 e. The Labute approximate surface area is 111 Å². The molecular weight excluding hydrogens is 246 g/mol. The minimum Gasteiger partial charge on any atom is -0.421 e. The molecule has 0 saturated heterocycles. The van der Waals surface area contributed by atoms with E-state index in [0.29, 0.717) is 11.8 Å². The van der Waals surface area contributed by atoms with Gasteiger partial charge in [0.1, 0.15) is 0 Å². The van der Waals surface area contributed by atoms with Crippen molar-refractivity contribution in [2.45, 2.75) is 18.2 Å². The standard InChI is InChI=1S/C13H17N3OS/c1-3-14-9-8-12-15-16-13(17-12)10-6-4-5-7-11(10)18-2/h4-7,14H,3,8-9H2,1-2H3. The van der Waals surface area contributed by atoms with E-state index in [0.717, 1.165) is 30.0 Å². The summed E-state index contributed by atoms with van der Waals surface area (Å²) in [5.41, 5.74) is 1.01. The summed E-state index contributed by atoms with van der Waals surface area (Å²) in [6.45, 7) is 3.90. The van der Waals surface area contributed by atoms with Gasteiger partial charge in [0.25, 0.3) is 0 Å². The average Bonchev–Trinajstić information content (AvgIpc) is 2.88. The van der Waals surface area contributed by atoms with Crippen molar-refractivity contribution in [1.29, 1.82) is 0 Å². The first kappa shape index (κ1) is 13.1. The third kappa shape index (κ3) is 3.11. The fourth-order valence-electron chi connectivity index (χ4n) is 1.66. The van der Waals surface area contributed by atoms with Crippen molar-refractivity contribution < 1.29 is 4.42 Å². The second-order valence-electron chi connectivity index (χ2n) is 3.80. The third-order valence-electron chi connectivity index (χ3n) is 2.57. The van der Waals surface area contributed by atoms with Crippen molar-refractivity contribution in [3.63, 3.8) is 0 Å². The molecule has 0 amide bonds. The predicted octanol–water partition coefficient (Wildman–Crippen LogP) is 2.61. The number of aromatic nitrogens is 2. The van der Waals surface area contributed by atoms with E-state index >= 15 is 0 Å². The van der Waals surface area contributed by atoms with Crippen LogP contribution in [-0.2, 0) is 6.42 Å². The molecule has 0 radical (unpaired) electrons. The Hall–Kier alpha value is -1.33. The second-order valence-corrected chi connectivity index (χ2v) is 4.65. The largest absolute Gasteiger partial charge is 0.421 e. The predicted molar refractivity (Wildman–Crippen MR) is 73.8 cm³/mol. The zero-order valence-corrected chi connectivity index (χ0v) is 11.5. The van der Waals surface area contributed by atoms with Crippen LogP contribution >= 0.6 is 11.8 Å². The van der Waals surface area contributed by atoms with E-state index in [9.17, 15) is 0 Å². The summed E-state index contributed by atoms with van der Waals surface area (Å²) in [7, 11) is 0. The zero-order valence-electron chi connectivity index (χ0n) is 10.6. The molecule has 18 heavy (non-hydrogen) atoms. The van der Waals surface area contributed by atoms with Crippen LogP contribution in [0.1, 0.15) is 12.8 Å². The number of thioether (sulfide) groups is 1. The molecule has 5 heteroatoms. The van der Waals surface area contributed by atoms with Gasteiger partial charge in [-0.05, 0) is 24.9 Å². The topological polar surface area (TPSA) is 51.0 Å². The van der Waals surface area contributed by atoms with Crippen LogP contribution in [0.2, 0.25) is 0 Å². The van der Waals surface area contributed by atoms with Crippen molar-refractivity contribution >= 4 is 11.8 Å². The van der Waals surface area contributed by atoms with Crippen LogP contribution in [0.25, 0.3) is 11.5 Å². The van der Waals surface area contributed by atoms with Gasteiger partial charge in [-0.3, -0.25) is 0 Å². The molecule has 0 aliphatic rings. The van der Waals surface area contributed by atoms with Crippen LogP contribution in [0.4, 0.5) is 0 Å². The lowest BCUT2D eigenvalue weighted by Gasteiger charge is -2.01. The van der Waals surface area contributed by atoms with Gasteiger partial charge in [0.15, 0.2) is 0 Å². The van der Waals surface area contributed by atoms with Crippen molar-refractivity contribution in [2.24, 2.45) is 0 Å². The van der Waals surface area contributed by atoms with Crippen molar-refractivity contribution in [2.75, 3.05) is 19.3 Å². The molecule has 96 valence electrons. The van der Waals surface area contributed by atoms with Gasteiger partial charge < -0.3 is 9.73 Å². The maximum Gasteiger partial charge on any atom is 0.248 e. The Morgan fingerprint density at radius 3 is 2.89 bits per heavy atom. The van der Waals surface area contributed by atoms with Gasteiger partial charge in [-0.2, -0.15) is 0 Å². The molecule has 1 N–H and O–H groups in total. The fraction of sp³-hybridized carbons (Fsp3) is 0.385. The van der Waals surface area contributed by atoms with E-state index in [2.05, 4.69) is 28.5 Å². The molecule has 0 unspecified atom stereocenters. The van der Waals surface area contributed by atoms with E-state index < -0.39 is 0 Å². The summed E-state index contributed by atoms with van der Waals surface area (Å²) >= 11 is 1.68. The first-order valence-electron chi connectivity index (χ1n) is 6.01. The van der Waals surface area contributed by atoms with Crippen LogP contribution in [0.15, 0.2) is 33.6 Å². The molecule has 1 aromatic carbocycles. The van der Waals surface area contributed by atoms with Crippen molar-refractivity contribution in [3.05, 3.63) is 30.2 Å². The number of nitrogens with zero attached hydrogens (tertiary/aromatic N) is 2. The lowest BCUT2D eigenvalue weighted by molar-refractivity contribution is 0.496. The summed E-state index contributed by atoms with van der Waals surface area (Å²) in [5, 5.41) is 11.4. The number of likely N-dealkylation sites (N-methyl/N-ethyl adjacent to an activating group) is 1. The molecule has 0 aliphatic carbocycles. The molecule has 0 fully saturated rings. The van der Waals surface area contributed by atoms with E-state index in [1.54, 1.807) is 11.8 Å². The quantitative estimate of drug-likeness (QED) is 0.641. The number of rotatable bonds is 6. The fourth-order valence-corrected chi connectivity index (χ4v) is 2.25. The van der Waals surface area contributed by atoms with E-state index in [-0.39, 0.29) is 0 Å². The van der Waals surface area contributed by atoms with Crippen LogP contribution in [0.5, 0.6) is 0 Å². The summed E-state index contributed by atoms with van der Waals surface area (Å²) in [5.74, 6) is 1.29. The number of hydrogen-bond donors (Lipinski definition) is 1. The first-order valence-corrected chi connectivity index (χ1v) is 7.24. The SMILES string of the molecule is CCNCCc1nnc(-c2ccccc2SC)o1. The molecule has 0 spiro atoms. The molecule has 1 aromatic heterocycles. The summed E-state index contributed by atoms with van der Waals surface area (Å²) < 4.78 is 5.68. The van der Waals surface area contributed by atoms with Gasteiger partial charge in [0.2, 0.25) is 11.8 Å². The normalized spacial score (nSPS) is 10.8. The summed E-state index contributed by atoms with van der Waals surface area (Å²) in [4.78, 5) is 1.15. The zero-order chi connectivity index (χ0) is 12.8. The summed E-state index contributed by atoms with van der Waals surface area (Å²) in [6, 6.07) is 8.06. The van der Waals surface area contributed by atoms with Crippen molar-refractivity contribution in [1.82, 2.24) is 15.5 Å². The lowest BCUT2D eigenvalue weighted by atomic mass is 10.2. The van der Waals surface area contributed by atoms with Gasteiger partial charge in [-0.1, -0.05) is 19.1 Å². The maximum atomic E-state index is 5.68. The lowest BCUT2D eigenvalue weighted by Crippen LogP contribution is -2.16. The summed E-state index contributed by atoms with van der Waals surface area (Å²) in [6.07, 6.45) is 2.81. The Bertz CT molecular complexity index is 498. The minimum absolute atomic E-state index is 0.603. The van der Waals surface area contributed by atoms with Crippen LogP contribution in [-0.4, -0.2) is 29.5 Å². The molecule has 2 aromatic rings. The average molecular weight is 263 g/mol. The number of nitrogens with one attached hydrogen (secondary N) is 1. The molecule has 2 rings (SSSR count). The highest BCUT2D eigenvalue weighted by Gasteiger charge is 2.11. The van der Waals surface area contributed by atoms with Gasteiger partial charge in [0.05, 0.1) is 5.56 Å². The molecule has 0 saturated carbocycles. The van der Waals surface area contributed by atoms with Crippen LogP contribution in [0, 0.1) is 0 Å². The Kier molecular flexibility index (Phi) is 4.78. The van der Waals surface area contributed by atoms with E-state index in [4.69, 9.17) is 4.42 Å². The Balaban J connectivity index is 2.13. The minimum atomic E-state index is 0.603. The van der Waals surface area contributed by atoms with Gasteiger partial charge in [-0.25, -0.2) is 0 Å². The monoisotopic (exact) mass is 263 g/mol. The molecule has 0 atom stereocenters. The highest BCUT2D eigenvalue weighted by Crippen LogP contribution is 2.28. The highest BCUT2D eigenvalue weighted by molar-refractivity contribution is 7.98. The van der Waals surface area contributed by atoms with Crippen LogP contribution in [0.3, 0.4) is 0 Å². The molecule has 0 bridgehead atoms. The van der Waals surface area contributed by atoms with Gasteiger partial charge in [-0.15, -0.1) is 22.0 Å². The van der Waals surface area contributed by atoms with Crippen LogP contribution < -0.4 is 5.32 Å². The first-order chi connectivity index (χ1) is 8.85. The Morgan fingerprint density at radius 2 is 2.11 bits per heavy atom. The Morgan fingerprint density at radius 1 is 1.28 bits per heavy atom. The van der Waals surface area contributed by atoms with Gasteiger partial charge >= 0.3 is 0 Å². The van der Waals surface area contributed by atoms with Gasteiger partial charge in [0, 0.05) is 17.9 Å². The molecule has 0 aliphatic heterocycles. The molecule has 1 heterocycles.